The molecule has 1 aromatic rings. The molecule has 0 unspecified atom stereocenters. The molecule has 74 valence electrons. The standard InChI is InChI=1S/C11H12O3/c1-13-10-2-3-11-8(7-10)6-9(12)4-5-14-11/h2-3,7H,4-6H2,1H3. The third-order valence-electron chi connectivity index (χ3n) is 2.29. The Balaban J connectivity index is 2.36. The minimum absolute atomic E-state index is 0.219. The van der Waals surface area contributed by atoms with Gasteiger partial charge in [-0.3, -0.25) is 4.79 Å². The van der Waals surface area contributed by atoms with Crippen molar-refractivity contribution in [2.75, 3.05) is 13.7 Å². The molecule has 3 nitrogen and oxygen atoms in total. The molecule has 0 bridgehead atoms. The van der Waals surface area contributed by atoms with E-state index in [0.717, 1.165) is 17.1 Å². The maximum Gasteiger partial charge on any atom is 0.140 e. The maximum atomic E-state index is 11.3. The van der Waals surface area contributed by atoms with Crippen molar-refractivity contribution in [2.45, 2.75) is 12.8 Å². The van der Waals surface area contributed by atoms with E-state index in [-0.39, 0.29) is 5.78 Å². The highest BCUT2D eigenvalue weighted by atomic mass is 16.5. The van der Waals surface area contributed by atoms with Gasteiger partial charge in [-0.1, -0.05) is 0 Å². The predicted octanol–water partition coefficient (Wildman–Crippen LogP) is 1.59. The first-order valence-corrected chi connectivity index (χ1v) is 4.61. The summed E-state index contributed by atoms with van der Waals surface area (Å²) in [5.41, 5.74) is 0.923. The third-order valence-corrected chi connectivity index (χ3v) is 2.29. The minimum Gasteiger partial charge on any atom is -0.497 e. The van der Waals surface area contributed by atoms with Crippen molar-refractivity contribution in [3.8, 4) is 11.5 Å². The zero-order chi connectivity index (χ0) is 9.97. The van der Waals surface area contributed by atoms with Gasteiger partial charge in [-0.15, -0.1) is 0 Å². The number of carbonyl (C=O) groups is 1. The lowest BCUT2D eigenvalue weighted by atomic mass is 10.1. The van der Waals surface area contributed by atoms with Gasteiger partial charge in [-0.05, 0) is 18.2 Å². The Kier molecular flexibility index (Phi) is 2.39. The highest BCUT2D eigenvalue weighted by Crippen LogP contribution is 2.26. The molecule has 0 amide bonds. The SMILES string of the molecule is COc1ccc2c(c1)CC(=O)CCO2. The van der Waals surface area contributed by atoms with E-state index in [2.05, 4.69) is 0 Å². The Morgan fingerprint density at radius 2 is 2.29 bits per heavy atom. The van der Waals surface area contributed by atoms with Gasteiger partial charge in [-0.25, -0.2) is 0 Å². The highest BCUT2D eigenvalue weighted by Gasteiger charge is 2.14. The van der Waals surface area contributed by atoms with E-state index in [1.165, 1.54) is 0 Å². The summed E-state index contributed by atoms with van der Waals surface area (Å²) in [4.78, 5) is 11.3. The van der Waals surface area contributed by atoms with Crippen LogP contribution in [0.5, 0.6) is 11.5 Å². The molecule has 0 aliphatic carbocycles. The Morgan fingerprint density at radius 3 is 3.07 bits per heavy atom. The number of rotatable bonds is 1. The largest absolute Gasteiger partial charge is 0.497 e. The number of ketones is 1. The molecule has 0 atom stereocenters. The molecule has 1 heterocycles. The number of hydrogen-bond acceptors (Lipinski definition) is 3. The van der Waals surface area contributed by atoms with Gasteiger partial charge in [0.25, 0.3) is 0 Å². The summed E-state index contributed by atoms with van der Waals surface area (Å²) in [7, 11) is 1.61. The van der Waals surface area contributed by atoms with Crippen LogP contribution in [-0.4, -0.2) is 19.5 Å². The molecule has 3 heteroatoms. The first kappa shape index (κ1) is 9.06. The van der Waals surface area contributed by atoms with Gasteiger partial charge >= 0.3 is 0 Å². The second-order valence-corrected chi connectivity index (χ2v) is 3.29. The fraction of sp³-hybridized carbons (Fsp3) is 0.364. The van der Waals surface area contributed by atoms with Crippen LogP contribution < -0.4 is 9.47 Å². The number of fused-ring (bicyclic) bond motifs is 1. The molecule has 0 N–H and O–H groups in total. The number of methoxy groups -OCH3 is 1. The third kappa shape index (κ3) is 1.71. The van der Waals surface area contributed by atoms with Crippen molar-refractivity contribution in [3.05, 3.63) is 23.8 Å². The topological polar surface area (TPSA) is 35.5 Å². The summed E-state index contributed by atoms with van der Waals surface area (Å²) in [6.07, 6.45) is 0.948. The van der Waals surface area contributed by atoms with Crippen molar-refractivity contribution < 1.29 is 14.3 Å². The summed E-state index contributed by atoms with van der Waals surface area (Å²) in [5.74, 6) is 1.79. The van der Waals surface area contributed by atoms with Gasteiger partial charge in [-0.2, -0.15) is 0 Å². The van der Waals surface area contributed by atoms with E-state index in [1.54, 1.807) is 7.11 Å². The average Bonchev–Trinajstić information content (AvgIpc) is 2.37. The van der Waals surface area contributed by atoms with Gasteiger partial charge in [0.05, 0.1) is 13.7 Å². The van der Waals surface area contributed by atoms with E-state index >= 15 is 0 Å². The van der Waals surface area contributed by atoms with Crippen LogP contribution in [0.15, 0.2) is 18.2 Å². The molecule has 0 saturated carbocycles. The summed E-state index contributed by atoms with van der Waals surface area (Å²) >= 11 is 0. The van der Waals surface area contributed by atoms with Crippen LogP contribution in [0.3, 0.4) is 0 Å². The normalized spacial score (nSPS) is 15.4. The van der Waals surface area contributed by atoms with Crippen LogP contribution in [0.2, 0.25) is 0 Å². The minimum atomic E-state index is 0.219. The molecule has 1 aliphatic rings. The number of hydrogen-bond donors (Lipinski definition) is 0. The van der Waals surface area contributed by atoms with Crippen LogP contribution >= 0.6 is 0 Å². The van der Waals surface area contributed by atoms with Crippen molar-refractivity contribution in [3.63, 3.8) is 0 Å². The summed E-state index contributed by atoms with van der Waals surface area (Å²) in [6, 6.07) is 5.56. The molecule has 0 aromatic heterocycles. The van der Waals surface area contributed by atoms with Crippen molar-refractivity contribution in [2.24, 2.45) is 0 Å². The molecule has 1 aromatic carbocycles. The molecular weight excluding hydrogens is 180 g/mol. The molecule has 0 spiro atoms. The zero-order valence-corrected chi connectivity index (χ0v) is 8.08. The number of ether oxygens (including phenoxy) is 2. The molecule has 2 rings (SSSR count). The first-order valence-electron chi connectivity index (χ1n) is 4.61. The van der Waals surface area contributed by atoms with E-state index in [4.69, 9.17) is 9.47 Å². The maximum absolute atomic E-state index is 11.3. The first-order chi connectivity index (χ1) is 6.79. The molecular formula is C11H12O3. The average molecular weight is 192 g/mol. The fourth-order valence-electron chi connectivity index (χ4n) is 1.54. The van der Waals surface area contributed by atoms with E-state index in [1.807, 2.05) is 18.2 Å². The van der Waals surface area contributed by atoms with Crippen molar-refractivity contribution >= 4 is 5.78 Å². The molecule has 0 radical (unpaired) electrons. The van der Waals surface area contributed by atoms with Crippen LogP contribution in [0, 0.1) is 0 Å². The lowest BCUT2D eigenvalue weighted by Gasteiger charge is -2.07. The molecule has 14 heavy (non-hydrogen) atoms. The Labute approximate surface area is 82.6 Å². The van der Waals surface area contributed by atoms with Crippen molar-refractivity contribution in [1.82, 2.24) is 0 Å². The summed E-state index contributed by atoms with van der Waals surface area (Å²) in [5, 5.41) is 0. The Hall–Kier alpha value is -1.51. The van der Waals surface area contributed by atoms with Gasteiger partial charge < -0.3 is 9.47 Å². The van der Waals surface area contributed by atoms with E-state index < -0.39 is 0 Å². The smallest absolute Gasteiger partial charge is 0.140 e. The van der Waals surface area contributed by atoms with Gasteiger partial charge in [0.2, 0.25) is 0 Å². The predicted molar refractivity (Wildman–Crippen MR) is 51.8 cm³/mol. The van der Waals surface area contributed by atoms with Crippen LogP contribution in [-0.2, 0) is 11.2 Å². The Morgan fingerprint density at radius 1 is 1.43 bits per heavy atom. The lowest BCUT2D eigenvalue weighted by molar-refractivity contribution is -0.118. The molecule has 0 fully saturated rings. The molecule has 0 saturated heterocycles. The van der Waals surface area contributed by atoms with Crippen LogP contribution in [0.1, 0.15) is 12.0 Å². The van der Waals surface area contributed by atoms with Crippen LogP contribution in [0.4, 0.5) is 0 Å². The second-order valence-electron chi connectivity index (χ2n) is 3.29. The fourth-order valence-corrected chi connectivity index (χ4v) is 1.54. The van der Waals surface area contributed by atoms with E-state index in [0.29, 0.717) is 19.4 Å². The van der Waals surface area contributed by atoms with Gasteiger partial charge in [0, 0.05) is 18.4 Å². The number of benzene rings is 1. The summed E-state index contributed by atoms with van der Waals surface area (Å²) in [6.45, 7) is 0.484. The quantitative estimate of drug-likeness (QED) is 0.677. The van der Waals surface area contributed by atoms with Crippen LogP contribution in [0.25, 0.3) is 0 Å². The lowest BCUT2D eigenvalue weighted by Crippen LogP contribution is -2.02. The Bertz CT molecular complexity index is 358. The van der Waals surface area contributed by atoms with Gasteiger partial charge in [0.15, 0.2) is 0 Å². The van der Waals surface area contributed by atoms with E-state index in [9.17, 15) is 4.79 Å². The monoisotopic (exact) mass is 192 g/mol. The van der Waals surface area contributed by atoms with Crippen molar-refractivity contribution in [1.29, 1.82) is 0 Å². The summed E-state index contributed by atoms with van der Waals surface area (Å²) < 4.78 is 10.5. The number of carbonyl (C=O) groups excluding carboxylic acids is 1. The molecule has 1 aliphatic heterocycles. The number of Topliss-reactive ketones (excluding diaryl/α,β-unsaturated/α-hetero) is 1. The zero-order valence-electron chi connectivity index (χ0n) is 8.08. The second kappa shape index (κ2) is 3.70. The highest BCUT2D eigenvalue weighted by molar-refractivity contribution is 5.82. The van der Waals surface area contributed by atoms with Gasteiger partial charge in [0.1, 0.15) is 17.3 Å².